The molecule has 0 N–H and O–H groups in total. The van der Waals surface area contributed by atoms with Crippen LogP contribution in [0, 0.1) is 11.8 Å². The molecule has 1 aliphatic carbocycles. The average Bonchev–Trinajstić information content (AvgIpc) is 2.00. The number of rotatable bonds is 4. The average molecular weight is 184 g/mol. The number of ether oxygens (including phenoxy) is 1. The molecular weight excluding hydrogens is 168 g/mol. The summed E-state index contributed by atoms with van der Waals surface area (Å²) in [4.78, 5) is 22.7. The molecule has 1 aliphatic rings. The molecule has 0 heterocycles. The van der Waals surface area contributed by atoms with Crippen LogP contribution in [-0.2, 0) is 14.3 Å². The fraction of sp³-hybridized carbons (Fsp3) is 0.800. The highest BCUT2D eigenvalue weighted by molar-refractivity contribution is 6.00. The Kier molecular flexibility index (Phi) is 3.46. The van der Waals surface area contributed by atoms with Gasteiger partial charge in [0.05, 0.1) is 6.61 Å². The van der Waals surface area contributed by atoms with E-state index in [-0.39, 0.29) is 17.7 Å². The molecule has 0 amide bonds. The lowest BCUT2D eigenvalue weighted by molar-refractivity contribution is -0.152. The van der Waals surface area contributed by atoms with Crippen LogP contribution in [0.1, 0.15) is 33.1 Å². The summed E-state index contributed by atoms with van der Waals surface area (Å²) < 4.78 is 4.78. The summed E-state index contributed by atoms with van der Waals surface area (Å²) in [6, 6.07) is 0. The molecule has 0 radical (unpaired) electrons. The molecule has 74 valence electrons. The van der Waals surface area contributed by atoms with E-state index in [4.69, 9.17) is 4.74 Å². The summed E-state index contributed by atoms with van der Waals surface area (Å²) in [5.41, 5.74) is 0. The maximum atomic E-state index is 11.5. The van der Waals surface area contributed by atoms with E-state index in [1.165, 1.54) is 0 Å². The van der Waals surface area contributed by atoms with Crippen molar-refractivity contribution in [3.8, 4) is 0 Å². The number of carbonyl (C=O) groups excluding carboxylic acids is 2. The lowest BCUT2D eigenvalue weighted by Gasteiger charge is -2.25. The summed E-state index contributed by atoms with van der Waals surface area (Å²) in [5, 5.41) is 0. The quantitative estimate of drug-likeness (QED) is 0.492. The Morgan fingerprint density at radius 3 is 2.46 bits per heavy atom. The van der Waals surface area contributed by atoms with Crippen molar-refractivity contribution in [2.24, 2.45) is 11.8 Å². The molecule has 1 atom stereocenters. The van der Waals surface area contributed by atoms with Gasteiger partial charge in [-0.05, 0) is 26.7 Å². The third kappa shape index (κ3) is 2.29. The first kappa shape index (κ1) is 10.2. The van der Waals surface area contributed by atoms with Crippen molar-refractivity contribution in [3.05, 3.63) is 0 Å². The molecule has 0 aromatic carbocycles. The van der Waals surface area contributed by atoms with Crippen molar-refractivity contribution in [2.45, 2.75) is 33.1 Å². The zero-order chi connectivity index (χ0) is 9.84. The minimum atomic E-state index is -0.565. The summed E-state index contributed by atoms with van der Waals surface area (Å²) in [5.74, 6) is -0.756. The van der Waals surface area contributed by atoms with Crippen LogP contribution in [-0.4, -0.2) is 18.4 Å². The third-order valence-corrected chi connectivity index (χ3v) is 2.57. The molecular formula is C10H16O3. The van der Waals surface area contributed by atoms with Crippen LogP contribution in [0.3, 0.4) is 0 Å². The zero-order valence-corrected chi connectivity index (χ0v) is 8.21. The first-order valence-corrected chi connectivity index (χ1v) is 4.87. The van der Waals surface area contributed by atoms with Crippen molar-refractivity contribution >= 4 is 11.8 Å². The monoisotopic (exact) mass is 184 g/mol. The van der Waals surface area contributed by atoms with Gasteiger partial charge in [0.15, 0.2) is 0 Å². The Morgan fingerprint density at radius 1 is 1.46 bits per heavy atom. The van der Waals surface area contributed by atoms with Gasteiger partial charge in [-0.3, -0.25) is 9.59 Å². The van der Waals surface area contributed by atoms with Crippen LogP contribution in [0.2, 0.25) is 0 Å². The largest absolute Gasteiger partial charge is 0.465 e. The van der Waals surface area contributed by atoms with E-state index in [9.17, 15) is 9.59 Å². The van der Waals surface area contributed by atoms with E-state index in [2.05, 4.69) is 0 Å². The van der Waals surface area contributed by atoms with Gasteiger partial charge in [0.1, 0.15) is 11.7 Å². The fourth-order valence-corrected chi connectivity index (χ4v) is 1.43. The highest BCUT2D eigenvalue weighted by Crippen LogP contribution is 2.29. The van der Waals surface area contributed by atoms with Crippen LogP contribution >= 0.6 is 0 Å². The van der Waals surface area contributed by atoms with E-state index in [0.29, 0.717) is 6.61 Å². The molecule has 0 bridgehead atoms. The third-order valence-electron chi connectivity index (χ3n) is 2.57. The van der Waals surface area contributed by atoms with Crippen molar-refractivity contribution in [1.29, 1.82) is 0 Å². The Balaban J connectivity index is 2.40. The maximum Gasteiger partial charge on any atom is 0.316 e. The Bertz CT molecular complexity index is 206. The van der Waals surface area contributed by atoms with Gasteiger partial charge in [-0.1, -0.05) is 6.42 Å². The lowest BCUT2D eigenvalue weighted by Crippen LogP contribution is -2.32. The summed E-state index contributed by atoms with van der Waals surface area (Å²) in [6.07, 6.45) is 3.01. The first-order valence-electron chi connectivity index (χ1n) is 4.87. The summed E-state index contributed by atoms with van der Waals surface area (Å²) >= 11 is 0. The minimum Gasteiger partial charge on any atom is -0.465 e. The number of Topliss-reactive ketones (excluding diaryl/α,β-unsaturated/α-hetero) is 1. The minimum absolute atomic E-state index is 0.0599. The van der Waals surface area contributed by atoms with Gasteiger partial charge in [0.25, 0.3) is 0 Å². The van der Waals surface area contributed by atoms with Crippen molar-refractivity contribution < 1.29 is 14.3 Å². The second-order valence-corrected chi connectivity index (χ2v) is 3.50. The van der Waals surface area contributed by atoms with Crippen LogP contribution in [0.25, 0.3) is 0 Å². The molecule has 1 rings (SSSR count). The van der Waals surface area contributed by atoms with E-state index in [0.717, 1.165) is 19.3 Å². The highest BCUT2D eigenvalue weighted by Gasteiger charge is 2.32. The fourth-order valence-electron chi connectivity index (χ4n) is 1.43. The van der Waals surface area contributed by atoms with Crippen LogP contribution < -0.4 is 0 Å². The molecule has 0 spiro atoms. The van der Waals surface area contributed by atoms with E-state index < -0.39 is 5.92 Å². The molecule has 0 aliphatic heterocycles. The van der Waals surface area contributed by atoms with E-state index in [1.54, 1.807) is 13.8 Å². The van der Waals surface area contributed by atoms with Crippen molar-refractivity contribution in [1.82, 2.24) is 0 Å². The number of carbonyl (C=O) groups is 2. The molecule has 0 saturated heterocycles. The normalized spacial score (nSPS) is 18.9. The topological polar surface area (TPSA) is 43.4 Å². The summed E-state index contributed by atoms with van der Waals surface area (Å²) in [6.45, 7) is 3.73. The molecule has 0 aromatic rings. The van der Waals surface area contributed by atoms with Crippen LogP contribution in [0.4, 0.5) is 0 Å². The lowest BCUT2D eigenvalue weighted by atomic mass is 9.78. The highest BCUT2D eigenvalue weighted by atomic mass is 16.5. The van der Waals surface area contributed by atoms with Gasteiger partial charge in [0, 0.05) is 5.92 Å². The zero-order valence-electron chi connectivity index (χ0n) is 8.21. The Labute approximate surface area is 78.5 Å². The van der Waals surface area contributed by atoms with Crippen LogP contribution in [0.15, 0.2) is 0 Å². The molecule has 0 unspecified atom stereocenters. The second-order valence-electron chi connectivity index (χ2n) is 3.50. The maximum absolute atomic E-state index is 11.5. The van der Waals surface area contributed by atoms with Crippen LogP contribution in [0.5, 0.6) is 0 Å². The van der Waals surface area contributed by atoms with E-state index in [1.807, 2.05) is 0 Å². The second kappa shape index (κ2) is 4.40. The number of esters is 1. The SMILES string of the molecule is CCOC(=O)[C@@H](C)C(=O)C1CCC1. The Hall–Kier alpha value is -0.860. The van der Waals surface area contributed by atoms with Gasteiger partial charge in [-0.25, -0.2) is 0 Å². The first-order chi connectivity index (χ1) is 6.16. The molecule has 0 aromatic heterocycles. The summed E-state index contributed by atoms with van der Waals surface area (Å²) in [7, 11) is 0. The molecule has 3 heteroatoms. The van der Waals surface area contributed by atoms with Crippen molar-refractivity contribution in [2.75, 3.05) is 6.61 Å². The predicted octanol–water partition coefficient (Wildman–Crippen LogP) is 1.55. The van der Waals surface area contributed by atoms with Crippen molar-refractivity contribution in [3.63, 3.8) is 0 Å². The molecule has 3 nitrogen and oxygen atoms in total. The predicted molar refractivity (Wildman–Crippen MR) is 48.1 cm³/mol. The van der Waals surface area contributed by atoms with Gasteiger partial charge >= 0.3 is 5.97 Å². The number of hydrogen-bond donors (Lipinski definition) is 0. The Morgan fingerprint density at radius 2 is 2.08 bits per heavy atom. The molecule has 1 saturated carbocycles. The molecule has 13 heavy (non-hydrogen) atoms. The smallest absolute Gasteiger partial charge is 0.316 e. The number of hydrogen-bond acceptors (Lipinski definition) is 3. The molecule has 1 fully saturated rings. The standard InChI is InChI=1S/C10H16O3/c1-3-13-10(12)7(2)9(11)8-5-4-6-8/h7-8H,3-6H2,1-2H3/t7-/m0/s1. The van der Waals surface area contributed by atoms with Gasteiger partial charge in [0.2, 0.25) is 0 Å². The van der Waals surface area contributed by atoms with Gasteiger partial charge in [-0.2, -0.15) is 0 Å². The van der Waals surface area contributed by atoms with Gasteiger partial charge < -0.3 is 4.74 Å². The van der Waals surface area contributed by atoms with Gasteiger partial charge in [-0.15, -0.1) is 0 Å². The van der Waals surface area contributed by atoms with E-state index >= 15 is 0 Å². The number of ketones is 1.